The number of tetrazole rings is 1. The molecule has 4 rings (SSSR count). The van der Waals surface area contributed by atoms with E-state index in [1.165, 1.54) is 12.6 Å². The second-order valence-electron chi connectivity index (χ2n) is 7.84. The van der Waals surface area contributed by atoms with Gasteiger partial charge in [0.05, 0.1) is 13.2 Å². The number of ether oxygens (including phenoxy) is 2. The van der Waals surface area contributed by atoms with E-state index in [4.69, 9.17) is 9.47 Å². The van der Waals surface area contributed by atoms with Gasteiger partial charge in [0, 0.05) is 19.3 Å². The summed E-state index contributed by atoms with van der Waals surface area (Å²) in [6.07, 6.45) is 4.57. The molecule has 0 radical (unpaired) electrons. The predicted octanol–water partition coefficient (Wildman–Crippen LogP) is 1.28. The molecule has 1 aliphatic heterocycles. The van der Waals surface area contributed by atoms with Gasteiger partial charge in [0.15, 0.2) is 0 Å². The van der Waals surface area contributed by atoms with Crippen molar-refractivity contribution in [1.82, 2.24) is 30.6 Å². The Labute approximate surface area is 168 Å². The lowest BCUT2D eigenvalue weighted by Gasteiger charge is -2.32. The van der Waals surface area contributed by atoms with Crippen LogP contribution >= 0.6 is 0 Å². The molecule has 2 unspecified atom stereocenters. The molecule has 11 heteroatoms. The van der Waals surface area contributed by atoms with Crippen molar-refractivity contribution in [1.29, 1.82) is 0 Å². The van der Waals surface area contributed by atoms with Gasteiger partial charge >= 0.3 is 0 Å². The zero-order valence-electron chi connectivity index (χ0n) is 16.7. The van der Waals surface area contributed by atoms with E-state index < -0.39 is 5.91 Å². The number of hydrogen-bond acceptors (Lipinski definition) is 9. The highest BCUT2D eigenvalue weighted by Gasteiger charge is 2.28. The number of amides is 1. The first-order chi connectivity index (χ1) is 14.1. The van der Waals surface area contributed by atoms with E-state index in [-0.39, 0.29) is 23.5 Å². The third kappa shape index (κ3) is 4.78. The van der Waals surface area contributed by atoms with Crippen LogP contribution in [0.2, 0.25) is 0 Å². The molecule has 2 N–H and O–H groups in total. The number of carbonyl (C=O) groups is 1. The number of nitrogens with one attached hydrogen (secondary N) is 2. The molecule has 156 valence electrons. The molecule has 1 saturated carbocycles. The van der Waals surface area contributed by atoms with Crippen molar-refractivity contribution in [2.45, 2.75) is 39.2 Å². The van der Waals surface area contributed by atoms with Gasteiger partial charge in [0.2, 0.25) is 11.8 Å². The Hall–Kier alpha value is -2.82. The molecule has 2 aliphatic rings. The highest BCUT2D eigenvalue weighted by Crippen LogP contribution is 2.32. The normalized spacial score (nSPS) is 24.9. The first kappa shape index (κ1) is 19.5. The highest BCUT2D eigenvalue weighted by molar-refractivity contribution is 6.04. The lowest BCUT2D eigenvalue weighted by atomic mass is 9.82. The molecule has 1 saturated heterocycles. The first-order valence-corrected chi connectivity index (χ1v) is 9.99. The van der Waals surface area contributed by atoms with E-state index in [0.717, 1.165) is 12.8 Å². The Morgan fingerprint density at radius 2 is 2.00 bits per heavy atom. The van der Waals surface area contributed by atoms with Gasteiger partial charge in [-0.3, -0.25) is 10.1 Å². The fourth-order valence-electron chi connectivity index (χ4n) is 4.03. The summed E-state index contributed by atoms with van der Waals surface area (Å²) in [5.74, 6) is 1.61. The number of nitrogens with zero attached hydrogens (tertiary/aromatic N) is 6. The third-order valence-corrected chi connectivity index (χ3v) is 5.26. The maximum absolute atomic E-state index is 12.8. The molecule has 29 heavy (non-hydrogen) atoms. The molecule has 2 aromatic heterocycles. The van der Waals surface area contributed by atoms with Crippen LogP contribution in [0.25, 0.3) is 0 Å². The lowest BCUT2D eigenvalue weighted by molar-refractivity contribution is 0.0911. The molecule has 1 aliphatic carbocycles. The highest BCUT2D eigenvalue weighted by atomic mass is 16.5. The second kappa shape index (κ2) is 8.68. The second-order valence-corrected chi connectivity index (χ2v) is 7.84. The molecular formula is C18H26N8O3. The zero-order chi connectivity index (χ0) is 20.2. The Balaban J connectivity index is 1.59. The quantitative estimate of drug-likeness (QED) is 0.759. The van der Waals surface area contributed by atoms with E-state index in [1.807, 2.05) is 4.90 Å². The van der Waals surface area contributed by atoms with Crippen molar-refractivity contribution in [3.05, 3.63) is 11.8 Å². The molecule has 0 aromatic carbocycles. The van der Waals surface area contributed by atoms with Crippen LogP contribution in [0.15, 0.2) is 6.20 Å². The van der Waals surface area contributed by atoms with Crippen LogP contribution in [0.3, 0.4) is 0 Å². The largest absolute Gasteiger partial charge is 0.474 e. The van der Waals surface area contributed by atoms with Gasteiger partial charge in [-0.25, -0.2) is 4.98 Å². The molecule has 0 bridgehead atoms. The van der Waals surface area contributed by atoms with Gasteiger partial charge in [-0.1, -0.05) is 18.9 Å². The van der Waals surface area contributed by atoms with Crippen LogP contribution in [0.5, 0.6) is 5.88 Å². The number of rotatable bonds is 5. The summed E-state index contributed by atoms with van der Waals surface area (Å²) in [6, 6.07) is 0. The lowest BCUT2D eigenvalue weighted by Crippen LogP contribution is -2.37. The summed E-state index contributed by atoms with van der Waals surface area (Å²) in [6.45, 7) is 7.11. The minimum Gasteiger partial charge on any atom is -0.474 e. The maximum atomic E-state index is 12.8. The molecule has 0 spiro atoms. The molecular weight excluding hydrogens is 376 g/mol. The van der Waals surface area contributed by atoms with Gasteiger partial charge < -0.3 is 14.4 Å². The van der Waals surface area contributed by atoms with E-state index in [2.05, 4.69) is 49.8 Å². The number of aromatic nitrogens is 6. The number of carbonyl (C=O) groups excluding carboxylic acids is 1. The maximum Gasteiger partial charge on any atom is 0.270 e. The van der Waals surface area contributed by atoms with E-state index in [0.29, 0.717) is 44.1 Å². The average molecular weight is 402 g/mol. The zero-order valence-corrected chi connectivity index (χ0v) is 16.7. The molecule has 2 aromatic rings. The van der Waals surface area contributed by atoms with Gasteiger partial charge in [0.25, 0.3) is 11.9 Å². The Kier molecular flexibility index (Phi) is 5.84. The minimum atomic E-state index is -0.438. The average Bonchev–Trinajstić information content (AvgIpc) is 3.21. The van der Waals surface area contributed by atoms with Gasteiger partial charge in [-0.2, -0.15) is 10.2 Å². The summed E-state index contributed by atoms with van der Waals surface area (Å²) >= 11 is 0. The molecule has 1 amide bonds. The number of morpholine rings is 1. The summed E-state index contributed by atoms with van der Waals surface area (Å²) < 4.78 is 11.7. The number of anilines is 2. The van der Waals surface area contributed by atoms with Crippen LogP contribution in [-0.4, -0.2) is 68.9 Å². The summed E-state index contributed by atoms with van der Waals surface area (Å²) in [5, 5.41) is 15.8. The van der Waals surface area contributed by atoms with Crippen LogP contribution in [0.4, 0.5) is 11.9 Å². The molecule has 3 heterocycles. The molecule has 11 nitrogen and oxygen atoms in total. The van der Waals surface area contributed by atoms with Crippen LogP contribution in [-0.2, 0) is 4.74 Å². The van der Waals surface area contributed by atoms with Gasteiger partial charge in [-0.15, -0.1) is 5.10 Å². The van der Waals surface area contributed by atoms with Crippen molar-refractivity contribution in [3.8, 4) is 5.88 Å². The summed E-state index contributed by atoms with van der Waals surface area (Å²) in [4.78, 5) is 23.8. The van der Waals surface area contributed by atoms with Crippen molar-refractivity contribution in [3.63, 3.8) is 0 Å². The Morgan fingerprint density at radius 1 is 1.24 bits per heavy atom. The Morgan fingerprint density at radius 3 is 2.69 bits per heavy atom. The summed E-state index contributed by atoms with van der Waals surface area (Å²) in [5.41, 5.74) is 0.248. The van der Waals surface area contributed by atoms with E-state index in [9.17, 15) is 4.79 Å². The number of hydrogen-bond donors (Lipinski definition) is 2. The van der Waals surface area contributed by atoms with Crippen LogP contribution < -0.4 is 15.0 Å². The first-order valence-electron chi connectivity index (χ1n) is 9.99. The van der Waals surface area contributed by atoms with E-state index in [1.54, 1.807) is 0 Å². The fraction of sp³-hybridized carbons (Fsp3) is 0.667. The van der Waals surface area contributed by atoms with Crippen LogP contribution in [0, 0.1) is 11.8 Å². The summed E-state index contributed by atoms with van der Waals surface area (Å²) in [7, 11) is 0. The van der Waals surface area contributed by atoms with E-state index >= 15 is 0 Å². The van der Waals surface area contributed by atoms with Gasteiger partial charge in [-0.05, 0) is 36.3 Å². The predicted molar refractivity (Wildman–Crippen MR) is 104 cm³/mol. The Bertz CT molecular complexity index is 815. The minimum absolute atomic E-state index is 0.0120. The van der Waals surface area contributed by atoms with Crippen molar-refractivity contribution in [2.75, 3.05) is 36.5 Å². The smallest absolute Gasteiger partial charge is 0.270 e. The van der Waals surface area contributed by atoms with Crippen molar-refractivity contribution in [2.24, 2.45) is 11.8 Å². The van der Waals surface area contributed by atoms with Crippen LogP contribution in [0.1, 0.15) is 43.5 Å². The monoisotopic (exact) mass is 402 g/mol. The molecule has 2 fully saturated rings. The number of H-pyrrole nitrogens is 1. The third-order valence-electron chi connectivity index (χ3n) is 5.26. The fourth-order valence-corrected chi connectivity index (χ4v) is 4.03. The standard InChI is InChI=1S/C18H26N8O3/c1-11-7-12(2)9-13(8-11)29-16-14(15(27)20-17-22-24-25-23-17)10-19-18(21-16)26-3-5-28-6-4-26/h10-13H,3-9H2,1-2H3,(H2,20,22,23,24,25,27). The van der Waals surface area contributed by atoms with Crippen molar-refractivity contribution >= 4 is 17.8 Å². The molecule has 2 atom stereocenters. The number of aromatic amines is 1. The van der Waals surface area contributed by atoms with Crippen molar-refractivity contribution < 1.29 is 14.3 Å². The SMILES string of the molecule is CC1CC(C)CC(Oc2nc(N3CCOCC3)ncc2C(=O)Nc2nn[nH]n2)C1. The topological polar surface area (TPSA) is 131 Å². The van der Waals surface area contributed by atoms with Gasteiger partial charge in [0.1, 0.15) is 11.7 Å².